The fraction of sp³-hybridized carbons (Fsp3) is 0.600. The Kier molecular flexibility index (Phi) is 0.976. The molecule has 1 unspecified atom stereocenters. The smallest absolute Gasteiger partial charge is 0.131 e. The van der Waals surface area contributed by atoms with Gasteiger partial charge in [-0.15, -0.1) is 5.10 Å². The second kappa shape index (κ2) is 1.63. The Hall–Kier alpha value is -0.770. The normalized spacial score (nSPS) is 29.8. The largest absolute Gasteiger partial charge is 0.287 e. The van der Waals surface area contributed by atoms with Crippen LogP contribution in [0.5, 0.6) is 0 Å². The lowest BCUT2D eigenvalue weighted by Gasteiger charge is -2.13. The van der Waals surface area contributed by atoms with Crippen LogP contribution in [0.25, 0.3) is 0 Å². The Labute approximate surface area is 63.1 Å². The number of alkyl halides is 1. The van der Waals surface area contributed by atoms with E-state index in [4.69, 9.17) is 11.6 Å². The lowest BCUT2D eigenvalue weighted by Crippen LogP contribution is -2.29. The molecule has 0 radical (unpaired) electrons. The van der Waals surface area contributed by atoms with E-state index in [-0.39, 0.29) is 5.00 Å². The van der Waals surface area contributed by atoms with Gasteiger partial charge in [0.15, 0.2) is 0 Å². The molecule has 0 aliphatic carbocycles. The number of hydrogen-bond donors (Lipinski definition) is 1. The molecule has 2 rings (SSSR count). The maximum Gasteiger partial charge on any atom is 0.131 e. The van der Waals surface area contributed by atoms with Crippen molar-refractivity contribution < 1.29 is 0 Å². The highest BCUT2D eigenvalue weighted by Crippen LogP contribution is 2.23. The Bertz CT molecular complexity index is 231. The minimum absolute atomic E-state index is 0.384. The van der Waals surface area contributed by atoms with Gasteiger partial charge >= 0.3 is 0 Å². The van der Waals surface area contributed by atoms with E-state index < -0.39 is 0 Å². The first-order chi connectivity index (χ1) is 4.67. The number of aromatic nitrogens is 3. The molecule has 1 atom stereocenters. The zero-order valence-corrected chi connectivity index (χ0v) is 6.26. The number of nitrogens with one attached hydrogen (secondary N) is 1. The van der Waals surface area contributed by atoms with Crippen molar-refractivity contribution >= 4 is 11.6 Å². The van der Waals surface area contributed by atoms with Crippen LogP contribution in [0.1, 0.15) is 12.6 Å². The van der Waals surface area contributed by atoms with Crippen LogP contribution in [0.15, 0.2) is 6.20 Å². The summed E-state index contributed by atoms with van der Waals surface area (Å²) in [4.78, 5) is 1.22. The summed E-state index contributed by atoms with van der Waals surface area (Å²) in [6, 6.07) is 0. The Morgan fingerprint density at radius 2 is 2.70 bits per heavy atom. The predicted octanol–water partition coefficient (Wildman–Crippen LogP) is 0.333. The van der Waals surface area contributed by atoms with Gasteiger partial charge in [0.2, 0.25) is 0 Å². The van der Waals surface area contributed by atoms with E-state index in [1.165, 1.54) is 0 Å². The van der Waals surface area contributed by atoms with Gasteiger partial charge in [0.25, 0.3) is 0 Å². The van der Waals surface area contributed by atoms with Crippen molar-refractivity contribution in [3.8, 4) is 0 Å². The zero-order chi connectivity index (χ0) is 7.19. The molecule has 1 aromatic heterocycles. The van der Waals surface area contributed by atoms with Gasteiger partial charge in [0.1, 0.15) is 5.00 Å². The number of nitrogens with zero attached hydrogens (tertiary/aromatic N) is 3. The van der Waals surface area contributed by atoms with Crippen LogP contribution in [0.4, 0.5) is 0 Å². The van der Waals surface area contributed by atoms with Crippen LogP contribution in [-0.2, 0) is 6.42 Å². The first kappa shape index (κ1) is 5.97. The standard InChI is InChI=1S/C5H7ClN4/c1-5(6)2-4-3-7-9-10(4)8-5/h3,8H,2H2,1H3. The molecule has 2 heterocycles. The number of fused-ring (bicyclic) bond motifs is 1. The van der Waals surface area contributed by atoms with Crippen molar-refractivity contribution in [2.75, 3.05) is 5.43 Å². The molecule has 1 aliphatic heterocycles. The van der Waals surface area contributed by atoms with Crippen LogP contribution in [-0.4, -0.2) is 20.1 Å². The van der Waals surface area contributed by atoms with E-state index in [9.17, 15) is 0 Å². The molecule has 5 heteroatoms. The van der Waals surface area contributed by atoms with Crippen molar-refractivity contribution in [3.05, 3.63) is 11.9 Å². The van der Waals surface area contributed by atoms with Gasteiger partial charge in [-0.25, -0.2) is 0 Å². The Balaban J connectivity index is 2.37. The molecular weight excluding hydrogens is 152 g/mol. The molecule has 10 heavy (non-hydrogen) atoms. The summed E-state index contributed by atoms with van der Waals surface area (Å²) >= 11 is 5.97. The third kappa shape index (κ3) is 0.759. The minimum Gasteiger partial charge on any atom is -0.287 e. The summed E-state index contributed by atoms with van der Waals surface area (Å²) in [7, 11) is 0. The molecule has 0 saturated heterocycles. The average Bonchev–Trinajstić information content (AvgIpc) is 2.20. The van der Waals surface area contributed by atoms with Crippen LogP contribution in [0.3, 0.4) is 0 Å². The predicted molar refractivity (Wildman–Crippen MR) is 37.3 cm³/mol. The van der Waals surface area contributed by atoms with E-state index in [1.54, 1.807) is 11.0 Å². The van der Waals surface area contributed by atoms with Crippen molar-refractivity contribution in [2.24, 2.45) is 0 Å². The Morgan fingerprint density at radius 1 is 1.90 bits per heavy atom. The van der Waals surface area contributed by atoms with E-state index in [1.807, 2.05) is 6.92 Å². The molecule has 0 amide bonds. The summed E-state index contributed by atoms with van der Waals surface area (Å²) in [5.41, 5.74) is 3.99. The molecule has 1 aliphatic rings. The van der Waals surface area contributed by atoms with Gasteiger partial charge in [0.05, 0.1) is 11.9 Å². The molecule has 4 nitrogen and oxygen atoms in total. The van der Waals surface area contributed by atoms with Gasteiger partial charge in [-0.3, -0.25) is 5.43 Å². The average molecular weight is 159 g/mol. The maximum absolute atomic E-state index is 5.97. The summed E-state index contributed by atoms with van der Waals surface area (Å²) in [6.07, 6.45) is 2.47. The molecular formula is C5H7ClN4. The topological polar surface area (TPSA) is 42.7 Å². The second-order valence-corrected chi connectivity index (χ2v) is 3.46. The third-order valence-electron chi connectivity index (χ3n) is 1.47. The van der Waals surface area contributed by atoms with Gasteiger partial charge in [-0.1, -0.05) is 11.6 Å². The first-order valence-electron chi connectivity index (χ1n) is 3.04. The molecule has 0 bridgehead atoms. The van der Waals surface area contributed by atoms with Gasteiger partial charge in [0, 0.05) is 6.42 Å². The van der Waals surface area contributed by atoms with Crippen LogP contribution >= 0.6 is 11.6 Å². The van der Waals surface area contributed by atoms with Crippen LogP contribution in [0.2, 0.25) is 0 Å². The fourth-order valence-electron chi connectivity index (χ4n) is 1.07. The van der Waals surface area contributed by atoms with E-state index in [0.29, 0.717) is 0 Å². The molecule has 0 saturated carbocycles. The van der Waals surface area contributed by atoms with Crippen molar-refractivity contribution in [1.29, 1.82) is 0 Å². The van der Waals surface area contributed by atoms with Gasteiger partial charge in [-0.2, -0.15) is 4.79 Å². The highest BCUT2D eigenvalue weighted by atomic mass is 35.5. The summed E-state index contributed by atoms with van der Waals surface area (Å²) < 4.78 is 0. The summed E-state index contributed by atoms with van der Waals surface area (Å²) in [5.74, 6) is 0. The number of hydrogen-bond acceptors (Lipinski definition) is 3. The lowest BCUT2D eigenvalue weighted by molar-refractivity contribution is 0.652. The van der Waals surface area contributed by atoms with Crippen molar-refractivity contribution in [1.82, 2.24) is 15.1 Å². The minimum atomic E-state index is -0.384. The van der Waals surface area contributed by atoms with E-state index >= 15 is 0 Å². The molecule has 1 N–H and O–H groups in total. The fourth-order valence-corrected chi connectivity index (χ4v) is 1.29. The number of rotatable bonds is 0. The van der Waals surface area contributed by atoms with E-state index in [0.717, 1.165) is 12.1 Å². The molecule has 0 fully saturated rings. The van der Waals surface area contributed by atoms with Crippen LogP contribution < -0.4 is 5.43 Å². The molecule has 1 aromatic rings. The first-order valence-corrected chi connectivity index (χ1v) is 3.42. The van der Waals surface area contributed by atoms with Gasteiger partial charge < -0.3 is 0 Å². The Morgan fingerprint density at radius 3 is 3.40 bits per heavy atom. The second-order valence-electron chi connectivity index (χ2n) is 2.62. The molecule has 54 valence electrons. The quantitative estimate of drug-likeness (QED) is 0.437. The summed E-state index contributed by atoms with van der Waals surface area (Å²) in [6.45, 7) is 1.91. The highest BCUT2D eigenvalue weighted by molar-refractivity contribution is 6.24. The van der Waals surface area contributed by atoms with Crippen LogP contribution in [0, 0.1) is 0 Å². The van der Waals surface area contributed by atoms with Crippen molar-refractivity contribution in [2.45, 2.75) is 18.3 Å². The zero-order valence-electron chi connectivity index (χ0n) is 5.50. The number of halogens is 1. The lowest BCUT2D eigenvalue weighted by atomic mass is 10.2. The van der Waals surface area contributed by atoms with E-state index in [2.05, 4.69) is 15.7 Å². The monoisotopic (exact) mass is 158 g/mol. The summed E-state index contributed by atoms with van der Waals surface area (Å²) in [5, 5.41) is 7.46. The molecule has 0 spiro atoms. The third-order valence-corrected chi connectivity index (χ3v) is 1.69. The SMILES string of the molecule is CC1(Cl)Cc2cnnn2N1. The molecule has 0 aromatic carbocycles. The maximum atomic E-state index is 5.97. The highest BCUT2D eigenvalue weighted by Gasteiger charge is 2.30. The van der Waals surface area contributed by atoms with Crippen molar-refractivity contribution in [3.63, 3.8) is 0 Å². The van der Waals surface area contributed by atoms with Gasteiger partial charge in [-0.05, 0) is 12.1 Å².